The maximum absolute atomic E-state index is 11.6. The number of ether oxygens (including phenoxy) is 1. The Morgan fingerprint density at radius 3 is 2.29 bits per heavy atom. The largest absolute Gasteiger partial charge is 0.444 e. The van der Waals surface area contributed by atoms with Gasteiger partial charge >= 0.3 is 6.09 Å². The molecule has 0 fully saturated rings. The minimum Gasteiger partial charge on any atom is -0.444 e. The number of hydrogen-bond donors (Lipinski definition) is 3. The highest BCUT2D eigenvalue weighted by Crippen LogP contribution is 2.09. The first-order valence-corrected chi connectivity index (χ1v) is 6.28. The van der Waals surface area contributed by atoms with E-state index in [0.29, 0.717) is 13.1 Å². The number of unbranched alkanes of at least 4 members (excludes halogenated alkanes) is 1. The zero-order valence-electron chi connectivity index (χ0n) is 11.3. The van der Waals surface area contributed by atoms with Gasteiger partial charge in [-0.15, -0.1) is 0 Å². The van der Waals surface area contributed by atoms with Crippen molar-refractivity contribution in [3.8, 4) is 0 Å². The Labute approximate surface area is 104 Å². The monoisotopic (exact) mass is 245 g/mol. The molecule has 5 heteroatoms. The zero-order valence-corrected chi connectivity index (χ0v) is 11.3. The van der Waals surface area contributed by atoms with Crippen LogP contribution in [-0.4, -0.2) is 30.8 Å². The lowest BCUT2D eigenvalue weighted by molar-refractivity contribution is 0.0499. The number of carbonyl (C=O) groups is 1. The molecule has 0 aromatic heterocycles. The van der Waals surface area contributed by atoms with Crippen molar-refractivity contribution >= 4 is 6.09 Å². The first-order chi connectivity index (χ1) is 7.89. The van der Waals surface area contributed by atoms with Gasteiger partial charge in [0.05, 0.1) is 0 Å². The second-order valence-corrected chi connectivity index (χ2v) is 5.20. The molecule has 0 saturated carbocycles. The van der Waals surface area contributed by atoms with E-state index < -0.39 is 5.60 Å². The van der Waals surface area contributed by atoms with E-state index in [1.165, 1.54) is 0 Å². The van der Waals surface area contributed by atoms with E-state index >= 15 is 0 Å². The van der Waals surface area contributed by atoms with Crippen LogP contribution in [0.2, 0.25) is 0 Å². The van der Waals surface area contributed by atoms with E-state index in [1.807, 2.05) is 20.8 Å². The van der Waals surface area contributed by atoms with Gasteiger partial charge in [0, 0.05) is 6.04 Å². The van der Waals surface area contributed by atoms with Crippen LogP contribution in [-0.2, 0) is 4.74 Å². The summed E-state index contributed by atoms with van der Waals surface area (Å²) >= 11 is 0. The third-order valence-corrected chi connectivity index (χ3v) is 2.24. The van der Waals surface area contributed by atoms with Crippen LogP contribution >= 0.6 is 0 Å². The normalized spacial score (nSPS) is 13.2. The molecule has 0 aliphatic carbocycles. The molecule has 0 aliphatic rings. The van der Waals surface area contributed by atoms with Crippen molar-refractivity contribution in [3.63, 3.8) is 0 Å². The average molecular weight is 245 g/mol. The number of hydrogen-bond acceptors (Lipinski definition) is 4. The van der Waals surface area contributed by atoms with Gasteiger partial charge in [-0.2, -0.15) is 0 Å². The number of rotatable bonds is 7. The van der Waals surface area contributed by atoms with E-state index in [2.05, 4.69) is 5.32 Å². The minimum absolute atomic E-state index is 0.0846. The minimum atomic E-state index is -0.464. The summed E-state index contributed by atoms with van der Waals surface area (Å²) in [7, 11) is 0. The fraction of sp³-hybridized carbons (Fsp3) is 0.917. The summed E-state index contributed by atoms with van der Waals surface area (Å²) in [4.78, 5) is 11.6. The van der Waals surface area contributed by atoms with Crippen molar-refractivity contribution in [3.05, 3.63) is 0 Å². The van der Waals surface area contributed by atoms with Gasteiger partial charge in [-0.3, -0.25) is 0 Å². The molecule has 0 aromatic carbocycles. The molecule has 1 atom stereocenters. The summed E-state index contributed by atoms with van der Waals surface area (Å²) < 4.78 is 5.21. The molecule has 0 saturated heterocycles. The topological polar surface area (TPSA) is 90.4 Å². The van der Waals surface area contributed by atoms with Crippen molar-refractivity contribution in [1.82, 2.24) is 5.32 Å². The summed E-state index contributed by atoms with van der Waals surface area (Å²) in [6.07, 6.45) is 3.26. The standard InChI is InChI=1S/C12H27N3O2/c1-12(2,3)17-11(16)15-10(7-9-14)6-4-5-8-13/h10H,4-9,13-14H2,1-3H3,(H,15,16)/t10-/m0/s1. The number of alkyl carbamates (subject to hydrolysis) is 1. The number of nitrogens with one attached hydrogen (secondary N) is 1. The maximum Gasteiger partial charge on any atom is 0.407 e. The molecule has 0 spiro atoms. The van der Waals surface area contributed by atoms with Crippen LogP contribution in [0.15, 0.2) is 0 Å². The molecule has 17 heavy (non-hydrogen) atoms. The van der Waals surface area contributed by atoms with Crippen LogP contribution in [0, 0.1) is 0 Å². The number of amides is 1. The molecule has 0 aliphatic heterocycles. The molecule has 0 unspecified atom stereocenters. The molecule has 1 amide bonds. The SMILES string of the molecule is CC(C)(C)OC(=O)N[C@H](CCN)CCCCN. The lowest BCUT2D eigenvalue weighted by atomic mass is 10.1. The highest BCUT2D eigenvalue weighted by molar-refractivity contribution is 5.68. The van der Waals surface area contributed by atoms with Gasteiger partial charge in [0.1, 0.15) is 5.60 Å². The van der Waals surface area contributed by atoms with Gasteiger partial charge in [0.25, 0.3) is 0 Å². The summed E-state index contributed by atoms with van der Waals surface area (Å²) in [5, 5.41) is 2.85. The van der Waals surface area contributed by atoms with Gasteiger partial charge in [0.2, 0.25) is 0 Å². The Morgan fingerprint density at radius 1 is 1.18 bits per heavy atom. The Morgan fingerprint density at radius 2 is 1.82 bits per heavy atom. The predicted molar refractivity (Wildman–Crippen MR) is 69.7 cm³/mol. The predicted octanol–water partition coefficient (Wildman–Crippen LogP) is 1.36. The summed E-state index contributed by atoms with van der Waals surface area (Å²) in [6, 6.07) is 0.0846. The van der Waals surface area contributed by atoms with Crippen molar-refractivity contribution in [2.24, 2.45) is 11.5 Å². The number of nitrogens with two attached hydrogens (primary N) is 2. The Bertz CT molecular complexity index is 214. The highest BCUT2D eigenvalue weighted by Gasteiger charge is 2.18. The molecule has 0 heterocycles. The summed E-state index contributed by atoms with van der Waals surface area (Å²) in [5.74, 6) is 0. The van der Waals surface area contributed by atoms with E-state index in [9.17, 15) is 4.79 Å². The summed E-state index contributed by atoms with van der Waals surface area (Å²) in [6.45, 7) is 6.78. The van der Waals surface area contributed by atoms with Gasteiger partial charge in [-0.1, -0.05) is 6.42 Å². The van der Waals surface area contributed by atoms with Crippen LogP contribution < -0.4 is 16.8 Å². The van der Waals surface area contributed by atoms with Crippen LogP contribution in [0.4, 0.5) is 4.79 Å². The third kappa shape index (κ3) is 10.1. The van der Waals surface area contributed by atoms with Gasteiger partial charge in [-0.25, -0.2) is 4.79 Å². The Kier molecular flexibility index (Phi) is 7.91. The van der Waals surface area contributed by atoms with Crippen LogP contribution in [0.25, 0.3) is 0 Å². The Balaban J connectivity index is 4.01. The van der Waals surface area contributed by atoms with E-state index in [1.54, 1.807) is 0 Å². The lowest BCUT2D eigenvalue weighted by Crippen LogP contribution is -2.40. The number of carbonyl (C=O) groups excluding carboxylic acids is 1. The third-order valence-electron chi connectivity index (χ3n) is 2.24. The second kappa shape index (κ2) is 8.31. The van der Waals surface area contributed by atoms with Crippen LogP contribution in [0.1, 0.15) is 46.5 Å². The van der Waals surface area contributed by atoms with E-state index in [0.717, 1.165) is 25.7 Å². The van der Waals surface area contributed by atoms with Crippen molar-refractivity contribution in [1.29, 1.82) is 0 Å². The molecule has 0 aromatic rings. The molecule has 0 radical (unpaired) electrons. The first kappa shape index (κ1) is 16.2. The molecule has 5 nitrogen and oxygen atoms in total. The second-order valence-electron chi connectivity index (χ2n) is 5.20. The van der Waals surface area contributed by atoms with Crippen molar-refractivity contribution in [2.75, 3.05) is 13.1 Å². The van der Waals surface area contributed by atoms with Crippen LogP contribution in [0.5, 0.6) is 0 Å². The van der Waals surface area contributed by atoms with Gasteiger partial charge in [0.15, 0.2) is 0 Å². The maximum atomic E-state index is 11.6. The smallest absolute Gasteiger partial charge is 0.407 e. The molecule has 102 valence electrons. The quantitative estimate of drug-likeness (QED) is 0.591. The van der Waals surface area contributed by atoms with Gasteiger partial charge < -0.3 is 21.5 Å². The van der Waals surface area contributed by atoms with Gasteiger partial charge in [-0.05, 0) is 53.1 Å². The lowest BCUT2D eigenvalue weighted by Gasteiger charge is -2.23. The fourth-order valence-electron chi connectivity index (χ4n) is 1.50. The van der Waals surface area contributed by atoms with E-state index in [4.69, 9.17) is 16.2 Å². The average Bonchev–Trinajstić information content (AvgIpc) is 2.15. The van der Waals surface area contributed by atoms with E-state index in [-0.39, 0.29) is 12.1 Å². The molecular formula is C12H27N3O2. The molecular weight excluding hydrogens is 218 g/mol. The summed E-state index contributed by atoms with van der Waals surface area (Å²) in [5.41, 5.74) is 10.5. The first-order valence-electron chi connectivity index (χ1n) is 6.28. The fourth-order valence-corrected chi connectivity index (χ4v) is 1.50. The zero-order chi connectivity index (χ0) is 13.3. The van der Waals surface area contributed by atoms with Crippen molar-refractivity contribution < 1.29 is 9.53 Å². The van der Waals surface area contributed by atoms with Crippen molar-refractivity contribution in [2.45, 2.75) is 58.1 Å². The highest BCUT2D eigenvalue weighted by atomic mass is 16.6. The van der Waals surface area contributed by atoms with Crippen LogP contribution in [0.3, 0.4) is 0 Å². The molecule has 0 bridgehead atoms. The molecule has 0 rings (SSSR count). The Hall–Kier alpha value is -0.810. The molecule has 5 N–H and O–H groups in total.